The summed E-state index contributed by atoms with van der Waals surface area (Å²) in [4.78, 5) is 4.07. The van der Waals surface area contributed by atoms with Crippen LogP contribution in [0, 0.1) is 0 Å². The molecular formula is C9H15N3. The molecule has 1 rings (SSSR count). The summed E-state index contributed by atoms with van der Waals surface area (Å²) in [5.74, 6) is 0. The molecule has 0 saturated heterocycles. The predicted molar refractivity (Wildman–Crippen MR) is 50.7 cm³/mol. The highest BCUT2D eigenvalue weighted by Crippen LogP contribution is 2.09. The molecular weight excluding hydrogens is 150 g/mol. The summed E-state index contributed by atoms with van der Waals surface area (Å²) in [6, 6.07) is 0.449. The van der Waals surface area contributed by atoms with Crippen LogP contribution in [0.2, 0.25) is 0 Å². The Hall–Kier alpha value is -1.09. The van der Waals surface area contributed by atoms with Gasteiger partial charge in [0.05, 0.1) is 18.2 Å². The van der Waals surface area contributed by atoms with Gasteiger partial charge >= 0.3 is 0 Å². The highest BCUT2D eigenvalue weighted by atomic mass is 15.1. The molecule has 0 spiro atoms. The second-order valence-corrected chi connectivity index (χ2v) is 2.96. The van der Waals surface area contributed by atoms with Gasteiger partial charge in [0.15, 0.2) is 0 Å². The number of nitrogens with zero attached hydrogens (tertiary/aromatic N) is 2. The molecule has 0 fully saturated rings. The molecule has 0 radical (unpaired) electrons. The lowest BCUT2D eigenvalue weighted by Crippen LogP contribution is -2.01. The molecule has 0 aliphatic heterocycles. The molecule has 0 atom stereocenters. The lowest BCUT2D eigenvalue weighted by atomic mass is 10.3. The minimum atomic E-state index is 0.449. The Balaban J connectivity index is 2.84. The van der Waals surface area contributed by atoms with E-state index >= 15 is 0 Å². The van der Waals surface area contributed by atoms with Crippen LogP contribution in [0.15, 0.2) is 18.6 Å². The zero-order valence-corrected chi connectivity index (χ0v) is 7.57. The first-order chi connectivity index (χ1) is 5.75. The fraction of sp³-hybridized carbons (Fsp3) is 0.444. The molecule has 66 valence electrons. The van der Waals surface area contributed by atoms with Crippen molar-refractivity contribution in [3.05, 3.63) is 24.3 Å². The number of aromatic nitrogens is 2. The van der Waals surface area contributed by atoms with Crippen molar-refractivity contribution >= 4 is 6.08 Å². The van der Waals surface area contributed by atoms with Gasteiger partial charge in [-0.2, -0.15) is 0 Å². The molecule has 0 bridgehead atoms. The van der Waals surface area contributed by atoms with Gasteiger partial charge in [-0.1, -0.05) is 6.08 Å². The number of hydrogen-bond acceptors (Lipinski definition) is 2. The van der Waals surface area contributed by atoms with Gasteiger partial charge in [0.2, 0.25) is 0 Å². The van der Waals surface area contributed by atoms with E-state index in [-0.39, 0.29) is 0 Å². The largest absolute Gasteiger partial charge is 0.329 e. The number of nitrogens with two attached hydrogens (primary N) is 1. The highest BCUT2D eigenvalue weighted by molar-refractivity contribution is 5.44. The quantitative estimate of drug-likeness (QED) is 0.736. The summed E-state index contributed by atoms with van der Waals surface area (Å²) in [7, 11) is 0. The van der Waals surface area contributed by atoms with Gasteiger partial charge in [-0.05, 0) is 19.9 Å². The van der Waals surface area contributed by atoms with Crippen molar-refractivity contribution in [2.75, 3.05) is 6.54 Å². The first kappa shape index (κ1) is 9.00. The van der Waals surface area contributed by atoms with Crippen LogP contribution in [-0.4, -0.2) is 16.1 Å². The van der Waals surface area contributed by atoms with Gasteiger partial charge in [-0.25, -0.2) is 4.98 Å². The second kappa shape index (κ2) is 4.07. The van der Waals surface area contributed by atoms with Crippen LogP contribution < -0.4 is 5.73 Å². The van der Waals surface area contributed by atoms with Crippen molar-refractivity contribution in [2.45, 2.75) is 19.9 Å². The van der Waals surface area contributed by atoms with Gasteiger partial charge in [-0.15, -0.1) is 0 Å². The van der Waals surface area contributed by atoms with E-state index in [1.54, 1.807) is 0 Å². The van der Waals surface area contributed by atoms with Gasteiger partial charge in [0.1, 0.15) is 0 Å². The monoisotopic (exact) mass is 165 g/mol. The van der Waals surface area contributed by atoms with E-state index in [0.29, 0.717) is 12.6 Å². The maximum Gasteiger partial charge on any atom is 0.0953 e. The smallest absolute Gasteiger partial charge is 0.0953 e. The van der Waals surface area contributed by atoms with Crippen LogP contribution in [-0.2, 0) is 0 Å². The van der Waals surface area contributed by atoms with Gasteiger partial charge in [-0.3, -0.25) is 0 Å². The van der Waals surface area contributed by atoms with E-state index in [9.17, 15) is 0 Å². The van der Waals surface area contributed by atoms with Crippen LogP contribution in [0.4, 0.5) is 0 Å². The van der Waals surface area contributed by atoms with Crippen molar-refractivity contribution in [1.29, 1.82) is 0 Å². The first-order valence-corrected chi connectivity index (χ1v) is 4.14. The Kier molecular flexibility index (Phi) is 3.05. The van der Waals surface area contributed by atoms with Crippen LogP contribution in [0.3, 0.4) is 0 Å². The summed E-state index contributed by atoms with van der Waals surface area (Å²) in [6.45, 7) is 4.83. The number of hydrogen-bond donors (Lipinski definition) is 1. The van der Waals surface area contributed by atoms with E-state index in [0.717, 1.165) is 5.69 Å². The first-order valence-electron chi connectivity index (χ1n) is 4.14. The molecule has 3 heteroatoms. The van der Waals surface area contributed by atoms with E-state index in [4.69, 9.17) is 5.73 Å². The van der Waals surface area contributed by atoms with E-state index < -0.39 is 0 Å². The fourth-order valence-corrected chi connectivity index (χ4v) is 1.06. The maximum atomic E-state index is 5.35. The van der Waals surface area contributed by atoms with Gasteiger partial charge in [0, 0.05) is 12.6 Å². The van der Waals surface area contributed by atoms with Gasteiger partial charge in [0.25, 0.3) is 0 Å². The number of rotatable bonds is 3. The molecule has 1 heterocycles. The average Bonchev–Trinajstić information content (AvgIpc) is 2.48. The second-order valence-electron chi connectivity index (χ2n) is 2.96. The molecule has 2 N–H and O–H groups in total. The highest BCUT2D eigenvalue weighted by Gasteiger charge is 2.00. The Labute approximate surface area is 72.9 Å². The van der Waals surface area contributed by atoms with Crippen molar-refractivity contribution in [1.82, 2.24) is 9.55 Å². The Morgan fingerprint density at radius 2 is 2.42 bits per heavy atom. The minimum Gasteiger partial charge on any atom is -0.329 e. The van der Waals surface area contributed by atoms with E-state index in [1.165, 1.54) is 0 Å². The normalized spacial score (nSPS) is 11.7. The molecule has 12 heavy (non-hydrogen) atoms. The topological polar surface area (TPSA) is 43.8 Å². The van der Waals surface area contributed by atoms with Crippen molar-refractivity contribution in [2.24, 2.45) is 5.73 Å². The third-order valence-corrected chi connectivity index (χ3v) is 1.68. The van der Waals surface area contributed by atoms with Crippen LogP contribution in [0.25, 0.3) is 6.08 Å². The average molecular weight is 165 g/mol. The summed E-state index contributed by atoms with van der Waals surface area (Å²) < 4.78 is 2.10. The Morgan fingerprint density at radius 3 is 3.00 bits per heavy atom. The van der Waals surface area contributed by atoms with Gasteiger partial charge < -0.3 is 10.3 Å². The molecule has 0 aromatic carbocycles. The summed E-state index contributed by atoms with van der Waals surface area (Å²) in [5.41, 5.74) is 6.46. The summed E-state index contributed by atoms with van der Waals surface area (Å²) in [5, 5.41) is 0. The standard InChI is InChI=1S/C9H15N3/c1-8(2)12-7-11-6-9(12)4-3-5-10/h3-4,6-8H,5,10H2,1-2H3/b4-3+. The van der Waals surface area contributed by atoms with Crippen LogP contribution in [0.1, 0.15) is 25.6 Å². The van der Waals surface area contributed by atoms with Crippen LogP contribution >= 0.6 is 0 Å². The third kappa shape index (κ3) is 1.95. The molecule has 3 nitrogen and oxygen atoms in total. The zero-order valence-electron chi connectivity index (χ0n) is 7.57. The fourth-order valence-electron chi connectivity index (χ4n) is 1.06. The third-order valence-electron chi connectivity index (χ3n) is 1.68. The Bertz CT molecular complexity index is 260. The molecule has 1 aromatic rings. The lowest BCUT2D eigenvalue weighted by molar-refractivity contribution is 0.595. The van der Waals surface area contributed by atoms with E-state index in [1.807, 2.05) is 24.7 Å². The van der Waals surface area contributed by atoms with Crippen LogP contribution in [0.5, 0.6) is 0 Å². The number of imidazole rings is 1. The zero-order chi connectivity index (χ0) is 8.97. The predicted octanol–water partition coefficient (Wildman–Crippen LogP) is 1.44. The van der Waals surface area contributed by atoms with E-state index in [2.05, 4.69) is 23.4 Å². The summed E-state index contributed by atoms with van der Waals surface area (Å²) >= 11 is 0. The molecule has 0 unspecified atom stereocenters. The van der Waals surface area contributed by atoms with Crippen molar-refractivity contribution < 1.29 is 0 Å². The maximum absolute atomic E-state index is 5.35. The summed E-state index contributed by atoms with van der Waals surface area (Å²) in [6.07, 6.45) is 7.59. The van der Waals surface area contributed by atoms with Crippen molar-refractivity contribution in [3.8, 4) is 0 Å². The Morgan fingerprint density at radius 1 is 1.67 bits per heavy atom. The minimum absolute atomic E-state index is 0.449. The molecule has 0 amide bonds. The molecule has 1 aromatic heterocycles. The lowest BCUT2D eigenvalue weighted by Gasteiger charge is -2.08. The SMILES string of the molecule is CC(C)n1cncc1/C=C/CN. The molecule has 0 aliphatic rings. The van der Waals surface area contributed by atoms with Crippen molar-refractivity contribution in [3.63, 3.8) is 0 Å². The molecule has 0 aliphatic carbocycles. The molecule has 0 saturated carbocycles.